The molecule has 86 valence electrons. The number of rotatable bonds is 2. The zero-order valence-electron chi connectivity index (χ0n) is 8.77. The molecule has 1 aromatic carbocycles. The number of carbonyl (C=O) groups is 1. The molecule has 0 N–H and O–H groups in total. The van der Waals surface area contributed by atoms with Gasteiger partial charge in [-0.3, -0.25) is 0 Å². The highest BCUT2D eigenvalue weighted by atomic mass is 19.1. The van der Waals surface area contributed by atoms with Gasteiger partial charge in [0, 0.05) is 0 Å². The van der Waals surface area contributed by atoms with E-state index < -0.39 is 18.4 Å². The smallest absolute Gasteiger partial charge is 0.428 e. The van der Waals surface area contributed by atoms with Crippen LogP contribution >= 0.6 is 0 Å². The first kappa shape index (κ1) is 10.9. The monoisotopic (exact) mass is 224 g/mol. The molecule has 1 saturated carbocycles. The third-order valence-corrected chi connectivity index (χ3v) is 2.56. The molecule has 0 bridgehead atoms. The van der Waals surface area contributed by atoms with Gasteiger partial charge in [0.2, 0.25) is 0 Å². The lowest BCUT2D eigenvalue weighted by molar-refractivity contribution is 0.0310. The third-order valence-electron chi connectivity index (χ3n) is 2.56. The van der Waals surface area contributed by atoms with Crippen LogP contribution < -0.4 is 4.74 Å². The molecule has 0 heterocycles. The van der Waals surface area contributed by atoms with Crippen LogP contribution in [0.3, 0.4) is 0 Å². The van der Waals surface area contributed by atoms with Crippen molar-refractivity contribution in [1.29, 1.82) is 0 Å². The molecular formula is C12H13FO3. The molecule has 2 rings (SSSR count). The first-order chi connectivity index (χ1) is 7.75. The third kappa shape index (κ3) is 2.72. The van der Waals surface area contributed by atoms with E-state index in [0.717, 1.165) is 6.42 Å². The van der Waals surface area contributed by atoms with Crippen LogP contribution in [0.4, 0.5) is 9.18 Å². The number of halogens is 1. The van der Waals surface area contributed by atoms with Gasteiger partial charge in [0.15, 0.2) is 0 Å². The molecule has 0 spiro atoms. The Kier molecular flexibility index (Phi) is 3.39. The molecule has 1 aromatic rings. The van der Waals surface area contributed by atoms with Crippen molar-refractivity contribution in [2.45, 2.75) is 31.5 Å². The summed E-state index contributed by atoms with van der Waals surface area (Å²) in [4.78, 5) is 11.3. The first-order valence-corrected chi connectivity index (χ1v) is 5.33. The Balaban J connectivity index is 1.85. The number of hydrogen-bond donors (Lipinski definition) is 0. The van der Waals surface area contributed by atoms with Crippen LogP contribution in [0.15, 0.2) is 30.3 Å². The van der Waals surface area contributed by atoms with Crippen LogP contribution in [0, 0.1) is 0 Å². The Morgan fingerprint density at radius 3 is 2.62 bits per heavy atom. The van der Waals surface area contributed by atoms with Crippen LogP contribution in [0.5, 0.6) is 5.75 Å². The molecule has 4 heteroatoms. The summed E-state index contributed by atoms with van der Waals surface area (Å²) in [5.41, 5.74) is 0. The van der Waals surface area contributed by atoms with Gasteiger partial charge in [0.25, 0.3) is 0 Å². The summed E-state index contributed by atoms with van der Waals surface area (Å²) in [6, 6.07) is 8.59. The van der Waals surface area contributed by atoms with Crippen molar-refractivity contribution >= 4 is 6.16 Å². The second-order valence-corrected chi connectivity index (χ2v) is 3.77. The van der Waals surface area contributed by atoms with Crippen molar-refractivity contribution in [2.24, 2.45) is 0 Å². The minimum absolute atomic E-state index is 0.404. The summed E-state index contributed by atoms with van der Waals surface area (Å²) in [5.74, 6) is 0.404. The Hall–Kier alpha value is -1.58. The first-order valence-electron chi connectivity index (χ1n) is 5.33. The van der Waals surface area contributed by atoms with Gasteiger partial charge < -0.3 is 9.47 Å². The standard InChI is InChI=1S/C12H13FO3/c13-10-7-4-8-11(10)16-12(14)15-9-5-2-1-3-6-9/h1-3,5-6,10-11H,4,7-8H2. The average Bonchev–Trinajstić information content (AvgIpc) is 2.66. The minimum Gasteiger partial charge on any atom is -0.428 e. The number of para-hydroxylation sites is 1. The molecule has 3 nitrogen and oxygen atoms in total. The van der Waals surface area contributed by atoms with Crippen molar-refractivity contribution in [3.8, 4) is 5.75 Å². The van der Waals surface area contributed by atoms with E-state index in [2.05, 4.69) is 0 Å². The van der Waals surface area contributed by atoms with E-state index in [1.165, 1.54) is 0 Å². The molecule has 0 aromatic heterocycles. The Morgan fingerprint density at radius 2 is 2.00 bits per heavy atom. The van der Waals surface area contributed by atoms with Crippen LogP contribution in [-0.2, 0) is 4.74 Å². The van der Waals surface area contributed by atoms with Crippen LogP contribution in [0.2, 0.25) is 0 Å². The highest BCUT2D eigenvalue weighted by Crippen LogP contribution is 2.25. The molecule has 1 aliphatic carbocycles. The summed E-state index contributed by atoms with van der Waals surface area (Å²) in [6.45, 7) is 0. The van der Waals surface area contributed by atoms with Crippen molar-refractivity contribution in [2.75, 3.05) is 0 Å². The molecule has 0 saturated heterocycles. The highest BCUT2D eigenvalue weighted by Gasteiger charge is 2.30. The topological polar surface area (TPSA) is 35.5 Å². The summed E-state index contributed by atoms with van der Waals surface area (Å²) in [5, 5.41) is 0. The number of ether oxygens (including phenoxy) is 2. The van der Waals surface area contributed by atoms with E-state index in [1.807, 2.05) is 6.07 Å². The van der Waals surface area contributed by atoms with E-state index in [1.54, 1.807) is 24.3 Å². The summed E-state index contributed by atoms with van der Waals surface area (Å²) in [6.07, 6.45) is -0.737. The summed E-state index contributed by atoms with van der Waals surface area (Å²) >= 11 is 0. The van der Waals surface area contributed by atoms with Crippen LogP contribution in [-0.4, -0.2) is 18.4 Å². The Labute approximate surface area is 93.2 Å². The minimum atomic E-state index is -1.05. The fraction of sp³-hybridized carbons (Fsp3) is 0.417. The van der Waals surface area contributed by atoms with E-state index in [9.17, 15) is 9.18 Å². The molecule has 1 fully saturated rings. The zero-order chi connectivity index (χ0) is 11.4. The van der Waals surface area contributed by atoms with E-state index in [4.69, 9.17) is 9.47 Å². The van der Waals surface area contributed by atoms with E-state index >= 15 is 0 Å². The largest absolute Gasteiger partial charge is 0.514 e. The Bertz CT molecular complexity index is 353. The molecule has 0 amide bonds. The quantitative estimate of drug-likeness (QED) is 0.572. The van der Waals surface area contributed by atoms with Crippen LogP contribution in [0.1, 0.15) is 19.3 Å². The van der Waals surface area contributed by atoms with Crippen molar-refractivity contribution in [3.05, 3.63) is 30.3 Å². The fourth-order valence-electron chi connectivity index (χ4n) is 1.75. The molecule has 0 aliphatic heterocycles. The lowest BCUT2D eigenvalue weighted by Gasteiger charge is -2.13. The number of hydrogen-bond acceptors (Lipinski definition) is 3. The second kappa shape index (κ2) is 4.96. The fourth-order valence-corrected chi connectivity index (χ4v) is 1.75. The molecule has 16 heavy (non-hydrogen) atoms. The molecule has 2 atom stereocenters. The lowest BCUT2D eigenvalue weighted by atomic mass is 10.3. The number of alkyl halides is 1. The van der Waals surface area contributed by atoms with Gasteiger partial charge in [-0.1, -0.05) is 18.2 Å². The predicted molar refractivity (Wildman–Crippen MR) is 56.1 cm³/mol. The van der Waals surface area contributed by atoms with Crippen LogP contribution in [0.25, 0.3) is 0 Å². The van der Waals surface area contributed by atoms with Gasteiger partial charge in [-0.2, -0.15) is 0 Å². The summed E-state index contributed by atoms with van der Waals surface area (Å²) < 4.78 is 22.9. The van der Waals surface area contributed by atoms with Crippen molar-refractivity contribution < 1.29 is 18.7 Å². The Morgan fingerprint density at radius 1 is 1.25 bits per heavy atom. The summed E-state index contributed by atoms with van der Waals surface area (Å²) in [7, 11) is 0. The highest BCUT2D eigenvalue weighted by molar-refractivity contribution is 5.64. The van der Waals surface area contributed by atoms with Gasteiger partial charge in [-0.15, -0.1) is 0 Å². The lowest BCUT2D eigenvalue weighted by Crippen LogP contribution is -2.25. The van der Waals surface area contributed by atoms with Gasteiger partial charge in [-0.05, 0) is 31.4 Å². The maximum absolute atomic E-state index is 13.2. The van der Waals surface area contributed by atoms with Gasteiger partial charge in [0.05, 0.1) is 0 Å². The maximum Gasteiger partial charge on any atom is 0.514 e. The second-order valence-electron chi connectivity index (χ2n) is 3.77. The van der Waals surface area contributed by atoms with E-state index in [-0.39, 0.29) is 0 Å². The normalized spacial score (nSPS) is 24.1. The SMILES string of the molecule is O=C(Oc1ccccc1)OC1CCCC1F. The molecule has 1 aliphatic rings. The van der Waals surface area contributed by atoms with Crippen molar-refractivity contribution in [3.63, 3.8) is 0 Å². The molecular weight excluding hydrogens is 211 g/mol. The van der Waals surface area contributed by atoms with Gasteiger partial charge in [0.1, 0.15) is 18.0 Å². The van der Waals surface area contributed by atoms with Crippen molar-refractivity contribution in [1.82, 2.24) is 0 Å². The average molecular weight is 224 g/mol. The van der Waals surface area contributed by atoms with E-state index in [0.29, 0.717) is 18.6 Å². The molecule has 0 radical (unpaired) electrons. The zero-order valence-corrected chi connectivity index (χ0v) is 8.77. The maximum atomic E-state index is 13.2. The number of benzene rings is 1. The predicted octanol–water partition coefficient (Wildman–Crippen LogP) is 3.09. The van der Waals surface area contributed by atoms with Gasteiger partial charge in [-0.25, -0.2) is 9.18 Å². The van der Waals surface area contributed by atoms with Gasteiger partial charge >= 0.3 is 6.16 Å². The number of carbonyl (C=O) groups excluding carboxylic acids is 1. The molecule has 2 unspecified atom stereocenters.